The number of hydrogen-bond acceptors (Lipinski definition) is 5. The van der Waals surface area contributed by atoms with Crippen molar-refractivity contribution in [3.05, 3.63) is 23.8 Å². The second-order valence-corrected chi connectivity index (χ2v) is 7.52. The molecule has 0 saturated heterocycles. The van der Waals surface area contributed by atoms with Crippen molar-refractivity contribution in [2.45, 2.75) is 24.3 Å². The van der Waals surface area contributed by atoms with Gasteiger partial charge < -0.3 is 9.84 Å². The van der Waals surface area contributed by atoms with E-state index in [0.717, 1.165) is 5.56 Å². The van der Waals surface area contributed by atoms with Crippen molar-refractivity contribution in [2.24, 2.45) is 0 Å². The first-order valence-electron chi connectivity index (χ1n) is 6.07. The molecule has 0 radical (unpaired) electrons. The molecular weight excluding hydrogens is 298 g/mol. The third-order valence-electron chi connectivity index (χ3n) is 2.77. The van der Waals surface area contributed by atoms with Gasteiger partial charge in [-0.2, -0.15) is 11.8 Å². The van der Waals surface area contributed by atoms with Crippen LogP contribution in [0.5, 0.6) is 5.75 Å². The number of thioether (sulfide) groups is 1. The van der Waals surface area contributed by atoms with Crippen LogP contribution in [-0.2, 0) is 10.0 Å². The van der Waals surface area contributed by atoms with Crippen molar-refractivity contribution in [3.63, 3.8) is 0 Å². The van der Waals surface area contributed by atoms with Crippen LogP contribution in [0.15, 0.2) is 23.1 Å². The predicted molar refractivity (Wildman–Crippen MR) is 81.9 cm³/mol. The molecule has 0 amide bonds. The molecule has 1 aromatic carbocycles. The fraction of sp³-hybridized carbons (Fsp3) is 0.538. The fourth-order valence-corrected chi connectivity index (χ4v) is 3.68. The highest BCUT2D eigenvalue weighted by atomic mass is 32.2. The van der Waals surface area contributed by atoms with Gasteiger partial charge in [-0.1, -0.05) is 0 Å². The Bertz CT molecular complexity index is 555. The minimum Gasteiger partial charge on any atom is -0.496 e. The highest BCUT2D eigenvalue weighted by molar-refractivity contribution is 7.98. The molecule has 1 atom stereocenters. The van der Waals surface area contributed by atoms with Crippen LogP contribution >= 0.6 is 11.8 Å². The zero-order valence-electron chi connectivity index (χ0n) is 12.1. The molecule has 2 N–H and O–H groups in total. The summed E-state index contributed by atoms with van der Waals surface area (Å²) in [7, 11) is -2.10. The Morgan fingerprint density at radius 3 is 2.60 bits per heavy atom. The van der Waals surface area contributed by atoms with Crippen LogP contribution in [0.1, 0.15) is 12.5 Å². The standard InChI is InChI=1S/C13H21NO4S2/c1-10-7-11(5-6-12(10)18-3)20(16,17)14-8-13(2,15)9-19-4/h5-7,14-15H,8-9H2,1-4H3/t13-/m0/s1. The van der Waals surface area contributed by atoms with E-state index in [2.05, 4.69) is 4.72 Å². The molecule has 0 unspecified atom stereocenters. The van der Waals surface area contributed by atoms with Gasteiger partial charge >= 0.3 is 0 Å². The van der Waals surface area contributed by atoms with Gasteiger partial charge in [-0.15, -0.1) is 0 Å². The van der Waals surface area contributed by atoms with E-state index in [0.29, 0.717) is 11.5 Å². The van der Waals surface area contributed by atoms with E-state index in [4.69, 9.17) is 4.74 Å². The first kappa shape index (κ1) is 17.3. The van der Waals surface area contributed by atoms with E-state index in [-0.39, 0.29) is 11.4 Å². The summed E-state index contributed by atoms with van der Waals surface area (Å²) in [6.07, 6.45) is 1.86. The van der Waals surface area contributed by atoms with E-state index >= 15 is 0 Å². The molecule has 20 heavy (non-hydrogen) atoms. The number of sulfonamides is 1. The molecule has 0 spiro atoms. The molecule has 0 aliphatic heterocycles. The molecule has 0 heterocycles. The Hall–Kier alpha value is -0.760. The molecule has 0 aliphatic carbocycles. The topological polar surface area (TPSA) is 75.6 Å². The van der Waals surface area contributed by atoms with Crippen LogP contribution in [-0.4, -0.2) is 44.8 Å². The van der Waals surface area contributed by atoms with Gasteiger partial charge in [0.15, 0.2) is 0 Å². The Morgan fingerprint density at radius 2 is 2.10 bits per heavy atom. The third-order valence-corrected chi connectivity index (χ3v) is 5.08. The Labute approximate surface area is 124 Å². The zero-order chi connectivity index (χ0) is 15.4. The molecule has 5 nitrogen and oxygen atoms in total. The summed E-state index contributed by atoms with van der Waals surface area (Å²) in [6, 6.07) is 4.64. The maximum atomic E-state index is 12.2. The number of aryl methyl sites for hydroxylation is 1. The summed E-state index contributed by atoms with van der Waals surface area (Å²) in [4.78, 5) is 0.163. The van der Waals surface area contributed by atoms with Crippen LogP contribution < -0.4 is 9.46 Å². The Morgan fingerprint density at radius 1 is 1.45 bits per heavy atom. The fourth-order valence-electron chi connectivity index (χ4n) is 1.71. The normalized spacial score (nSPS) is 14.8. The second kappa shape index (κ2) is 6.80. The van der Waals surface area contributed by atoms with Crippen molar-refractivity contribution in [3.8, 4) is 5.75 Å². The number of nitrogens with one attached hydrogen (secondary N) is 1. The molecule has 0 bridgehead atoms. The van der Waals surface area contributed by atoms with Crippen LogP contribution in [0, 0.1) is 6.92 Å². The summed E-state index contributed by atoms with van der Waals surface area (Å²) >= 11 is 1.46. The van der Waals surface area contributed by atoms with E-state index in [1.807, 2.05) is 6.26 Å². The van der Waals surface area contributed by atoms with Gasteiger partial charge in [-0.05, 0) is 43.9 Å². The van der Waals surface area contributed by atoms with Crippen LogP contribution in [0.25, 0.3) is 0 Å². The summed E-state index contributed by atoms with van der Waals surface area (Å²) in [5, 5.41) is 9.99. The van der Waals surface area contributed by atoms with E-state index in [1.165, 1.54) is 24.9 Å². The van der Waals surface area contributed by atoms with Crippen molar-refractivity contribution in [2.75, 3.05) is 25.7 Å². The van der Waals surface area contributed by atoms with Gasteiger partial charge in [0.2, 0.25) is 10.0 Å². The van der Waals surface area contributed by atoms with Crippen LogP contribution in [0.4, 0.5) is 0 Å². The van der Waals surface area contributed by atoms with Gasteiger partial charge in [0.1, 0.15) is 5.75 Å². The first-order chi connectivity index (χ1) is 9.22. The lowest BCUT2D eigenvalue weighted by atomic mass is 10.1. The maximum Gasteiger partial charge on any atom is 0.240 e. The lowest BCUT2D eigenvalue weighted by Gasteiger charge is -2.22. The highest BCUT2D eigenvalue weighted by Crippen LogP contribution is 2.21. The lowest BCUT2D eigenvalue weighted by Crippen LogP contribution is -2.42. The molecule has 1 rings (SSSR count). The molecular formula is C13H21NO4S2. The van der Waals surface area contributed by atoms with Crippen molar-refractivity contribution >= 4 is 21.8 Å². The van der Waals surface area contributed by atoms with Gasteiger partial charge in [0, 0.05) is 12.3 Å². The van der Waals surface area contributed by atoms with Crippen LogP contribution in [0.2, 0.25) is 0 Å². The van der Waals surface area contributed by atoms with Crippen LogP contribution in [0.3, 0.4) is 0 Å². The third kappa shape index (κ3) is 4.66. The second-order valence-electron chi connectivity index (χ2n) is 4.89. The van der Waals surface area contributed by atoms with Gasteiger partial charge in [-0.25, -0.2) is 13.1 Å². The van der Waals surface area contributed by atoms with E-state index in [9.17, 15) is 13.5 Å². The molecule has 0 fully saturated rings. The van der Waals surface area contributed by atoms with Crippen molar-refractivity contribution in [1.29, 1.82) is 0 Å². The molecule has 114 valence electrons. The minimum atomic E-state index is -3.63. The summed E-state index contributed by atoms with van der Waals surface area (Å²) in [5.74, 6) is 1.09. The molecule has 0 aromatic heterocycles. The molecule has 0 aliphatic rings. The summed E-state index contributed by atoms with van der Waals surface area (Å²) in [6.45, 7) is 3.36. The Balaban J connectivity index is 2.87. The van der Waals surface area contributed by atoms with Crippen molar-refractivity contribution < 1.29 is 18.3 Å². The lowest BCUT2D eigenvalue weighted by molar-refractivity contribution is 0.0908. The number of benzene rings is 1. The van der Waals surface area contributed by atoms with E-state index < -0.39 is 15.6 Å². The molecule has 7 heteroatoms. The van der Waals surface area contributed by atoms with E-state index in [1.54, 1.807) is 26.0 Å². The van der Waals surface area contributed by atoms with Gasteiger partial charge in [-0.3, -0.25) is 0 Å². The molecule has 1 aromatic rings. The average Bonchev–Trinajstić information content (AvgIpc) is 2.36. The summed E-state index contributed by atoms with van der Waals surface area (Å²) in [5.41, 5.74) is -0.333. The first-order valence-corrected chi connectivity index (χ1v) is 8.95. The largest absolute Gasteiger partial charge is 0.496 e. The number of ether oxygens (including phenoxy) is 1. The summed E-state index contributed by atoms with van der Waals surface area (Å²) < 4.78 is 31.9. The van der Waals surface area contributed by atoms with Crippen molar-refractivity contribution in [1.82, 2.24) is 4.72 Å². The average molecular weight is 319 g/mol. The smallest absolute Gasteiger partial charge is 0.240 e. The number of aliphatic hydroxyl groups is 1. The highest BCUT2D eigenvalue weighted by Gasteiger charge is 2.24. The number of hydrogen-bond donors (Lipinski definition) is 2. The Kier molecular flexibility index (Phi) is 5.88. The minimum absolute atomic E-state index is 0.0265. The maximum absolute atomic E-state index is 12.2. The monoisotopic (exact) mass is 319 g/mol. The number of rotatable bonds is 7. The molecule has 0 saturated carbocycles. The number of methoxy groups -OCH3 is 1. The zero-order valence-corrected chi connectivity index (χ0v) is 13.8. The van der Waals surface area contributed by atoms with Gasteiger partial charge in [0.25, 0.3) is 0 Å². The quantitative estimate of drug-likeness (QED) is 0.794. The van der Waals surface area contributed by atoms with Gasteiger partial charge in [0.05, 0.1) is 17.6 Å². The SMILES string of the molecule is COc1ccc(S(=O)(=O)NC[C@](C)(O)CSC)cc1C. The predicted octanol–water partition coefficient (Wildman–Crippen LogP) is 1.40.